The summed E-state index contributed by atoms with van der Waals surface area (Å²) in [5.74, 6) is -0.912. The lowest BCUT2D eigenvalue weighted by atomic mass is 10.1. The van der Waals surface area contributed by atoms with Crippen LogP contribution in [0.2, 0.25) is 0 Å². The van der Waals surface area contributed by atoms with Gasteiger partial charge in [-0.25, -0.2) is 0 Å². The number of carbonyl (C=O) groups is 1. The van der Waals surface area contributed by atoms with Crippen molar-refractivity contribution >= 4 is 5.97 Å². The van der Waals surface area contributed by atoms with Crippen molar-refractivity contribution in [3.63, 3.8) is 0 Å². The number of carbonyl (C=O) groups excluding carboxylic acids is 1. The summed E-state index contributed by atoms with van der Waals surface area (Å²) in [5, 5.41) is 19.1. The van der Waals surface area contributed by atoms with E-state index in [2.05, 4.69) is 4.74 Å². The van der Waals surface area contributed by atoms with Gasteiger partial charge in [-0.1, -0.05) is 6.92 Å². The molecule has 0 saturated carbocycles. The van der Waals surface area contributed by atoms with E-state index in [4.69, 9.17) is 5.11 Å². The second-order valence-corrected chi connectivity index (χ2v) is 2.92. The monoisotopic (exact) mass is 191 g/mol. The summed E-state index contributed by atoms with van der Waals surface area (Å²) in [6.45, 7) is 2.54. The molecule has 0 spiro atoms. The third kappa shape index (κ3) is 7.20. The van der Waals surface area contributed by atoms with Gasteiger partial charge >= 0.3 is 5.97 Å². The zero-order chi connectivity index (χ0) is 10.4. The first-order valence-electron chi connectivity index (χ1n) is 3.89. The summed E-state index contributed by atoms with van der Waals surface area (Å²) < 4.78 is 4.40. The highest BCUT2D eigenvalue weighted by Crippen LogP contribution is 2.07. The van der Waals surface area contributed by atoms with E-state index in [-0.39, 0.29) is 18.9 Å². The molecule has 0 saturated heterocycles. The van der Waals surface area contributed by atoms with E-state index in [1.54, 1.807) is 6.92 Å². The summed E-state index contributed by atoms with van der Waals surface area (Å²) in [6, 6.07) is 0. The van der Waals surface area contributed by atoms with Crippen LogP contribution in [-0.2, 0) is 9.53 Å². The third-order valence-corrected chi connectivity index (χ3v) is 1.37. The number of ether oxygens (including phenoxy) is 1. The number of rotatable bonds is 5. The van der Waals surface area contributed by atoms with Gasteiger partial charge in [0.2, 0.25) is 12.8 Å². The van der Waals surface area contributed by atoms with Gasteiger partial charge in [0.25, 0.3) is 0 Å². The molecule has 0 amide bonds. The predicted octanol–water partition coefficient (Wildman–Crippen LogP) is 0.171. The normalized spacial score (nSPS) is 14.7. The minimum atomic E-state index is -1.24. The van der Waals surface area contributed by atoms with Gasteiger partial charge in [-0.2, -0.15) is 0 Å². The van der Waals surface area contributed by atoms with Gasteiger partial charge in [0, 0.05) is 24.2 Å². The van der Waals surface area contributed by atoms with E-state index in [0.717, 1.165) is 0 Å². The van der Waals surface area contributed by atoms with Crippen LogP contribution in [0.5, 0.6) is 0 Å². The van der Waals surface area contributed by atoms with E-state index >= 15 is 0 Å². The number of aliphatic hydroxyl groups is 1. The first-order valence-corrected chi connectivity index (χ1v) is 3.89. The zero-order valence-electron chi connectivity index (χ0n) is 7.60. The topological polar surface area (TPSA) is 89.7 Å². The Morgan fingerprint density at radius 1 is 1.69 bits per heavy atom. The molecule has 13 heavy (non-hydrogen) atoms. The standard InChI is InChI=1S/C7H13NO5/c1-5(4-8(11)12)3-7(10)13-6(2)9/h5,7,10H,3-4H2,1-2H3. The summed E-state index contributed by atoms with van der Waals surface area (Å²) in [4.78, 5) is 19.9. The fourth-order valence-electron chi connectivity index (χ4n) is 0.913. The Morgan fingerprint density at radius 3 is 2.62 bits per heavy atom. The number of nitro groups is 1. The van der Waals surface area contributed by atoms with E-state index in [1.807, 2.05) is 0 Å². The Kier molecular flexibility index (Phi) is 4.98. The summed E-state index contributed by atoms with van der Waals surface area (Å²) >= 11 is 0. The van der Waals surface area contributed by atoms with E-state index in [0.29, 0.717) is 0 Å². The minimum absolute atomic E-state index is 0.0839. The first-order chi connectivity index (χ1) is 5.91. The molecule has 2 unspecified atom stereocenters. The van der Waals surface area contributed by atoms with Gasteiger partial charge in [0.1, 0.15) is 0 Å². The van der Waals surface area contributed by atoms with E-state index < -0.39 is 17.2 Å². The molecular weight excluding hydrogens is 178 g/mol. The molecule has 6 heteroatoms. The number of hydrogen-bond donors (Lipinski definition) is 1. The summed E-state index contributed by atoms with van der Waals surface area (Å²) in [7, 11) is 0. The van der Waals surface area contributed by atoms with Crippen molar-refractivity contribution in [2.45, 2.75) is 26.6 Å². The van der Waals surface area contributed by atoms with Crippen LogP contribution in [0.4, 0.5) is 0 Å². The van der Waals surface area contributed by atoms with E-state index in [9.17, 15) is 14.9 Å². The lowest BCUT2D eigenvalue weighted by Crippen LogP contribution is -2.22. The Labute approximate surface area is 75.7 Å². The first kappa shape index (κ1) is 11.8. The Balaban J connectivity index is 3.70. The largest absolute Gasteiger partial charge is 0.436 e. The van der Waals surface area contributed by atoms with Crippen LogP contribution < -0.4 is 0 Å². The quantitative estimate of drug-likeness (QED) is 0.289. The molecule has 0 aromatic carbocycles. The van der Waals surface area contributed by atoms with Crippen molar-refractivity contribution in [1.29, 1.82) is 0 Å². The van der Waals surface area contributed by atoms with Crippen molar-refractivity contribution in [2.75, 3.05) is 6.54 Å². The van der Waals surface area contributed by atoms with Gasteiger partial charge in [-0.15, -0.1) is 0 Å². The average molecular weight is 191 g/mol. The maximum atomic E-state index is 10.3. The molecular formula is C7H13NO5. The van der Waals surface area contributed by atoms with Gasteiger partial charge in [0.15, 0.2) is 0 Å². The SMILES string of the molecule is CC(=O)OC(O)CC(C)C[N+](=O)[O-]. The molecule has 0 aliphatic carbocycles. The molecule has 0 aliphatic rings. The van der Waals surface area contributed by atoms with Crippen LogP contribution in [0.1, 0.15) is 20.3 Å². The number of esters is 1. The second-order valence-electron chi connectivity index (χ2n) is 2.92. The number of hydrogen-bond acceptors (Lipinski definition) is 5. The fraction of sp³-hybridized carbons (Fsp3) is 0.857. The molecule has 6 nitrogen and oxygen atoms in total. The summed E-state index contributed by atoms with van der Waals surface area (Å²) in [5.41, 5.74) is 0. The zero-order valence-corrected chi connectivity index (χ0v) is 7.60. The predicted molar refractivity (Wildman–Crippen MR) is 43.4 cm³/mol. The lowest BCUT2D eigenvalue weighted by Gasteiger charge is -2.12. The molecule has 0 aliphatic heterocycles. The molecule has 0 rings (SSSR count). The van der Waals surface area contributed by atoms with Crippen LogP contribution in [0.25, 0.3) is 0 Å². The molecule has 1 N–H and O–H groups in total. The summed E-state index contributed by atoms with van der Waals surface area (Å²) in [6.07, 6.45) is -1.16. The maximum absolute atomic E-state index is 10.3. The molecule has 0 fully saturated rings. The maximum Gasteiger partial charge on any atom is 0.304 e. The minimum Gasteiger partial charge on any atom is -0.436 e. The van der Waals surface area contributed by atoms with Crippen molar-refractivity contribution < 1.29 is 19.6 Å². The average Bonchev–Trinajstić information content (AvgIpc) is 1.80. The molecule has 76 valence electrons. The lowest BCUT2D eigenvalue weighted by molar-refractivity contribution is -0.488. The van der Waals surface area contributed by atoms with Gasteiger partial charge in [0.05, 0.1) is 0 Å². The van der Waals surface area contributed by atoms with Crippen LogP contribution in [0.15, 0.2) is 0 Å². The second kappa shape index (κ2) is 5.47. The van der Waals surface area contributed by atoms with Gasteiger partial charge < -0.3 is 9.84 Å². The van der Waals surface area contributed by atoms with Crippen LogP contribution in [0, 0.1) is 16.0 Å². The van der Waals surface area contributed by atoms with Crippen LogP contribution >= 0.6 is 0 Å². The van der Waals surface area contributed by atoms with Crippen molar-refractivity contribution in [3.8, 4) is 0 Å². The third-order valence-electron chi connectivity index (χ3n) is 1.37. The highest BCUT2D eigenvalue weighted by atomic mass is 16.6. The Morgan fingerprint density at radius 2 is 2.23 bits per heavy atom. The molecule has 0 bridgehead atoms. The number of aliphatic hydroxyl groups excluding tert-OH is 1. The Hall–Kier alpha value is -1.17. The van der Waals surface area contributed by atoms with Crippen molar-refractivity contribution in [3.05, 3.63) is 10.1 Å². The highest BCUT2D eigenvalue weighted by molar-refractivity contribution is 5.65. The van der Waals surface area contributed by atoms with Gasteiger partial charge in [-0.05, 0) is 0 Å². The molecule has 0 aromatic heterocycles. The fourth-order valence-corrected chi connectivity index (χ4v) is 0.913. The van der Waals surface area contributed by atoms with Crippen LogP contribution in [-0.4, -0.2) is 28.8 Å². The van der Waals surface area contributed by atoms with Crippen LogP contribution in [0.3, 0.4) is 0 Å². The highest BCUT2D eigenvalue weighted by Gasteiger charge is 2.16. The molecule has 0 heterocycles. The number of nitrogens with zero attached hydrogens (tertiary/aromatic N) is 1. The molecule has 0 aromatic rings. The molecule has 2 atom stereocenters. The van der Waals surface area contributed by atoms with Crippen molar-refractivity contribution in [1.82, 2.24) is 0 Å². The van der Waals surface area contributed by atoms with E-state index in [1.165, 1.54) is 6.92 Å². The van der Waals surface area contributed by atoms with Gasteiger partial charge in [-0.3, -0.25) is 14.9 Å². The Bertz CT molecular complexity index is 173. The smallest absolute Gasteiger partial charge is 0.304 e. The van der Waals surface area contributed by atoms with Crippen molar-refractivity contribution in [2.24, 2.45) is 5.92 Å². The molecule has 0 radical (unpaired) electrons.